The lowest BCUT2D eigenvalue weighted by molar-refractivity contribution is -0.462. The molecular weight excluding hydrogens is 512 g/mol. The molecule has 0 aromatic heterocycles. The van der Waals surface area contributed by atoms with Crippen LogP contribution in [0.25, 0.3) is 11.3 Å². The van der Waals surface area contributed by atoms with Gasteiger partial charge in [-0.3, -0.25) is 12.9 Å². The zero-order valence-electron chi connectivity index (χ0n) is 19.4. The van der Waals surface area contributed by atoms with Gasteiger partial charge in [0.2, 0.25) is 0 Å². The van der Waals surface area contributed by atoms with Gasteiger partial charge in [0.1, 0.15) is 25.6 Å². The lowest BCUT2D eigenvalue weighted by atomic mass is 10.0. The standard InChI is InChI=1S/C27H22Cl2NO.BF3.FH/c1-30(2)25-14-3-19(4-15-25)5-16-26-17-22(20-6-10-23(28)11-7-20)18-27(31-26)21-8-12-24(29)13-9-21;2-1(3)4;/h3-18H,1-2H3;;1H/q+1;;/p-1. The number of benzene rings is 2. The monoisotopic (exact) mass is 533 g/mol. The summed E-state index contributed by atoms with van der Waals surface area (Å²) >= 11 is 12.1. The molecule has 0 bridgehead atoms. The van der Waals surface area contributed by atoms with Gasteiger partial charge in [0.15, 0.2) is 5.71 Å². The highest BCUT2D eigenvalue weighted by Gasteiger charge is 2.14. The minimum absolute atomic E-state index is 0. The second kappa shape index (κ2) is 13.7. The fraction of sp³-hybridized carbons (Fsp3) is 0.0741. The van der Waals surface area contributed by atoms with E-state index in [9.17, 15) is 12.9 Å². The van der Waals surface area contributed by atoms with Gasteiger partial charge in [-0.05, 0) is 83.5 Å². The van der Waals surface area contributed by atoms with Crippen LogP contribution in [0.5, 0.6) is 0 Å². The fourth-order valence-electron chi connectivity index (χ4n) is 3.23. The number of allylic oxidation sites excluding steroid dienone is 10. The third-order valence-corrected chi connectivity index (χ3v) is 5.47. The van der Waals surface area contributed by atoms with Crippen molar-refractivity contribution in [3.8, 4) is 0 Å². The Morgan fingerprint density at radius 1 is 0.750 bits per heavy atom. The van der Waals surface area contributed by atoms with E-state index >= 15 is 0 Å². The molecule has 1 aliphatic carbocycles. The maximum Gasteiger partial charge on any atom is 0.762 e. The molecule has 0 saturated carbocycles. The molecule has 2 nitrogen and oxygen atoms in total. The van der Waals surface area contributed by atoms with Gasteiger partial charge in [-0.15, -0.1) is 0 Å². The molecule has 9 heteroatoms. The summed E-state index contributed by atoms with van der Waals surface area (Å²) in [4.78, 5) is 0. The van der Waals surface area contributed by atoms with Crippen LogP contribution in [0.15, 0.2) is 108 Å². The van der Waals surface area contributed by atoms with E-state index in [1.165, 1.54) is 0 Å². The molecule has 0 atom stereocenters. The van der Waals surface area contributed by atoms with Crippen LogP contribution in [0, 0.1) is 0 Å². The second-order valence-electron chi connectivity index (χ2n) is 7.69. The Morgan fingerprint density at radius 3 is 1.75 bits per heavy atom. The number of hydrogen-bond acceptors (Lipinski definition) is 1. The van der Waals surface area contributed by atoms with E-state index in [4.69, 9.17) is 27.9 Å². The minimum atomic E-state index is -3.67. The van der Waals surface area contributed by atoms with E-state index in [0.717, 1.165) is 39.5 Å². The van der Waals surface area contributed by atoms with Crippen molar-refractivity contribution < 1.29 is 27.0 Å². The maximum absolute atomic E-state index is 9.67. The van der Waals surface area contributed by atoms with Crippen LogP contribution in [0.3, 0.4) is 0 Å². The zero-order valence-corrected chi connectivity index (χ0v) is 21.0. The molecule has 0 fully saturated rings. The highest BCUT2D eigenvalue weighted by atomic mass is 35.5. The van der Waals surface area contributed by atoms with Gasteiger partial charge in [0, 0.05) is 27.8 Å². The molecule has 2 aromatic carbocycles. The van der Waals surface area contributed by atoms with Crippen molar-refractivity contribution in [1.29, 1.82) is 0 Å². The lowest BCUT2D eigenvalue weighted by Crippen LogP contribution is -3.00. The molecule has 0 radical (unpaired) electrons. The third-order valence-electron chi connectivity index (χ3n) is 4.97. The molecule has 36 heavy (non-hydrogen) atoms. The molecule has 4 rings (SSSR count). The Bertz CT molecular complexity index is 1250. The summed E-state index contributed by atoms with van der Waals surface area (Å²) < 4.78 is 37.3. The molecule has 1 heterocycles. The van der Waals surface area contributed by atoms with Gasteiger partial charge in [-0.1, -0.05) is 41.4 Å². The average molecular weight is 534 g/mol. The first-order valence-corrected chi connectivity index (χ1v) is 11.3. The van der Waals surface area contributed by atoms with Gasteiger partial charge in [0.05, 0.1) is 0 Å². The minimum Gasteiger partial charge on any atom is -1.00 e. The summed E-state index contributed by atoms with van der Waals surface area (Å²) in [7, 11) is 0.397. The maximum atomic E-state index is 9.67. The van der Waals surface area contributed by atoms with Gasteiger partial charge >= 0.3 is 7.54 Å². The molecule has 0 amide bonds. The predicted molar refractivity (Wildman–Crippen MR) is 141 cm³/mol. The lowest BCUT2D eigenvalue weighted by Gasteiger charge is -2.18. The van der Waals surface area contributed by atoms with Crippen molar-refractivity contribution in [2.45, 2.75) is 0 Å². The van der Waals surface area contributed by atoms with Crippen molar-refractivity contribution in [2.75, 3.05) is 14.1 Å². The number of hydrogen-bond donors (Lipinski definition) is 0. The Balaban J connectivity index is 0.000000850. The van der Waals surface area contributed by atoms with Crippen LogP contribution in [-0.4, -0.2) is 31.9 Å². The summed E-state index contributed by atoms with van der Waals surface area (Å²) in [6.45, 7) is 0. The molecule has 0 spiro atoms. The first-order chi connectivity index (χ1) is 16.7. The van der Waals surface area contributed by atoms with E-state index in [-0.39, 0.29) is 4.70 Å². The fourth-order valence-corrected chi connectivity index (χ4v) is 3.48. The first kappa shape index (κ1) is 28.9. The predicted octanol–water partition coefficient (Wildman–Crippen LogP) is 4.98. The molecule has 2 aliphatic rings. The summed E-state index contributed by atoms with van der Waals surface area (Å²) in [5, 5.41) is 1.41. The summed E-state index contributed by atoms with van der Waals surface area (Å²) in [6.07, 6.45) is 16.5. The smallest absolute Gasteiger partial charge is 0.762 e. The normalized spacial score (nSPS) is 15.1. The van der Waals surface area contributed by atoms with E-state index in [0.29, 0.717) is 10.0 Å². The Kier molecular flexibility index (Phi) is 11.0. The van der Waals surface area contributed by atoms with Crippen LogP contribution < -0.4 is 4.70 Å². The zero-order chi connectivity index (χ0) is 25.4. The second-order valence-corrected chi connectivity index (χ2v) is 8.57. The summed E-state index contributed by atoms with van der Waals surface area (Å²) in [6, 6.07) is 15.5. The SMILES string of the molecule is C[N+](C)=C1C=CC(=CC=C2C=C(c3ccc(Cl)cc3)C=C(c3ccc(Cl)cc3)O2)C=C1.FB(F)F.[F-]. The van der Waals surface area contributed by atoms with E-state index in [2.05, 4.69) is 35.0 Å². The van der Waals surface area contributed by atoms with Crippen LogP contribution in [0.4, 0.5) is 12.9 Å². The Hall–Kier alpha value is -3.29. The van der Waals surface area contributed by atoms with Crippen LogP contribution in [-0.2, 0) is 4.74 Å². The van der Waals surface area contributed by atoms with Gasteiger partial charge in [0.25, 0.3) is 0 Å². The highest BCUT2D eigenvalue weighted by molar-refractivity contribution is 6.33. The summed E-state index contributed by atoms with van der Waals surface area (Å²) in [5.41, 5.74) is 5.35. The third kappa shape index (κ3) is 8.74. The molecule has 2 aromatic rings. The van der Waals surface area contributed by atoms with E-state index in [1.54, 1.807) is 0 Å². The molecule has 186 valence electrons. The number of halogens is 6. The Morgan fingerprint density at radius 2 is 1.25 bits per heavy atom. The van der Waals surface area contributed by atoms with Crippen molar-refractivity contribution in [1.82, 2.24) is 0 Å². The van der Waals surface area contributed by atoms with Crippen molar-refractivity contribution >= 4 is 47.8 Å². The van der Waals surface area contributed by atoms with E-state index < -0.39 is 7.54 Å². The van der Waals surface area contributed by atoms with Crippen LogP contribution in [0.2, 0.25) is 10.0 Å². The number of nitrogens with zero attached hydrogens (tertiary/aromatic N) is 1. The topological polar surface area (TPSA) is 12.2 Å². The molecule has 1 aliphatic heterocycles. The summed E-state index contributed by atoms with van der Waals surface area (Å²) in [5.74, 6) is 1.53. The Labute approximate surface area is 218 Å². The van der Waals surface area contributed by atoms with Gasteiger partial charge < -0.3 is 9.44 Å². The molecular formula is C27H22BCl2F4NO. The number of ether oxygens (including phenoxy) is 1. The van der Waals surface area contributed by atoms with Crippen molar-refractivity contribution in [3.05, 3.63) is 130 Å². The largest absolute Gasteiger partial charge is 1.00 e. The number of rotatable bonds is 3. The van der Waals surface area contributed by atoms with Crippen LogP contribution >= 0.6 is 23.2 Å². The molecule has 0 saturated heterocycles. The van der Waals surface area contributed by atoms with E-state index in [1.807, 2.05) is 80.9 Å². The molecule has 0 unspecified atom stereocenters. The highest BCUT2D eigenvalue weighted by Crippen LogP contribution is 2.32. The average Bonchev–Trinajstić information content (AvgIpc) is 2.83. The van der Waals surface area contributed by atoms with Crippen LogP contribution in [0.1, 0.15) is 11.1 Å². The van der Waals surface area contributed by atoms with Gasteiger partial charge in [-0.25, -0.2) is 4.58 Å². The molecule has 0 N–H and O–H groups in total. The van der Waals surface area contributed by atoms with Crippen molar-refractivity contribution in [3.63, 3.8) is 0 Å². The quantitative estimate of drug-likeness (QED) is 0.308. The van der Waals surface area contributed by atoms with Gasteiger partial charge in [-0.2, -0.15) is 0 Å². The van der Waals surface area contributed by atoms with Crippen molar-refractivity contribution in [2.24, 2.45) is 0 Å². The first-order valence-electron chi connectivity index (χ1n) is 10.6.